The zero-order valence-corrected chi connectivity index (χ0v) is 23.9. The Morgan fingerprint density at radius 2 is 1.93 bits per heavy atom. The molecular formula is C34H37NO7. The predicted molar refractivity (Wildman–Crippen MR) is 154 cm³/mol. The number of Topliss-reactive ketones (excluding diaryl/α,β-unsaturated/α-hetero) is 1. The first-order chi connectivity index (χ1) is 20.1. The molecule has 0 aromatic heterocycles. The van der Waals surface area contributed by atoms with Crippen molar-refractivity contribution in [1.29, 1.82) is 0 Å². The molecule has 0 unspecified atom stereocenters. The normalized spacial score (nSPS) is 40.0. The molecule has 0 spiro atoms. The summed E-state index contributed by atoms with van der Waals surface area (Å²) in [4.78, 5) is 25.9. The van der Waals surface area contributed by atoms with Gasteiger partial charge in [0.1, 0.15) is 18.1 Å². The zero-order valence-electron chi connectivity index (χ0n) is 23.9. The van der Waals surface area contributed by atoms with Gasteiger partial charge in [0.2, 0.25) is 0 Å². The predicted octanol–water partition coefficient (Wildman–Crippen LogP) is 4.66. The van der Waals surface area contributed by atoms with Gasteiger partial charge >= 0.3 is 0 Å². The highest BCUT2D eigenvalue weighted by atomic mass is 16.7. The molecular weight excluding hydrogens is 534 g/mol. The van der Waals surface area contributed by atoms with Crippen molar-refractivity contribution >= 4 is 17.3 Å². The second kappa shape index (κ2) is 9.61. The highest BCUT2D eigenvalue weighted by Crippen LogP contribution is 2.70. The van der Waals surface area contributed by atoms with Crippen LogP contribution in [0.5, 0.6) is 11.5 Å². The van der Waals surface area contributed by atoms with Gasteiger partial charge in [-0.25, -0.2) is 0 Å². The monoisotopic (exact) mass is 571 g/mol. The molecule has 220 valence electrons. The minimum atomic E-state index is -1.38. The third-order valence-corrected chi connectivity index (χ3v) is 11.0. The molecule has 2 aromatic carbocycles. The summed E-state index contributed by atoms with van der Waals surface area (Å²) in [6, 6.07) is 14.5. The topological polar surface area (TPSA) is 128 Å². The van der Waals surface area contributed by atoms with Crippen LogP contribution >= 0.6 is 0 Å². The lowest BCUT2D eigenvalue weighted by Gasteiger charge is -2.59. The number of anilines is 1. The maximum absolute atomic E-state index is 13.7. The number of aliphatic hydroxyl groups is 2. The minimum absolute atomic E-state index is 0.00356. The van der Waals surface area contributed by atoms with Crippen LogP contribution in [0.2, 0.25) is 0 Å². The number of allylic oxidation sites excluding steroid dienone is 4. The van der Waals surface area contributed by atoms with E-state index >= 15 is 0 Å². The summed E-state index contributed by atoms with van der Waals surface area (Å²) in [5.74, 6) is 0.917. The molecule has 0 radical (unpaired) electrons. The third-order valence-electron chi connectivity index (χ3n) is 11.0. The van der Waals surface area contributed by atoms with E-state index in [9.17, 15) is 19.8 Å². The van der Waals surface area contributed by atoms with Gasteiger partial charge in [-0.2, -0.15) is 0 Å². The van der Waals surface area contributed by atoms with Gasteiger partial charge in [-0.05, 0) is 73.9 Å². The Balaban J connectivity index is 1.18. The number of hydrogen-bond acceptors (Lipinski definition) is 8. The lowest BCUT2D eigenvalue weighted by atomic mass is 9.46. The van der Waals surface area contributed by atoms with Gasteiger partial charge < -0.3 is 30.2 Å². The number of ether oxygens (including phenoxy) is 3. The first-order valence-electron chi connectivity index (χ1n) is 14.8. The summed E-state index contributed by atoms with van der Waals surface area (Å²) in [5.41, 5.74) is 5.75. The lowest BCUT2D eigenvalue weighted by Crippen LogP contribution is -2.63. The Morgan fingerprint density at radius 3 is 2.67 bits per heavy atom. The first kappa shape index (κ1) is 27.5. The highest BCUT2D eigenvalue weighted by molar-refractivity contribution is 6.01. The Bertz CT molecular complexity index is 1500. The molecule has 2 aromatic rings. The van der Waals surface area contributed by atoms with Crippen LogP contribution in [0.25, 0.3) is 0 Å². The number of hydrogen-bond donors (Lipinski definition) is 3. The second-order valence-corrected chi connectivity index (χ2v) is 13.1. The summed E-state index contributed by atoms with van der Waals surface area (Å²) < 4.78 is 19.1. The Kier molecular flexibility index (Phi) is 6.30. The van der Waals surface area contributed by atoms with Crippen LogP contribution < -0.4 is 10.5 Å². The number of carbonyl (C=O) groups excluding carboxylic acids is 2. The van der Waals surface area contributed by atoms with Crippen molar-refractivity contribution in [3.63, 3.8) is 0 Å². The number of fused-ring (bicyclic) bond motifs is 7. The molecule has 3 saturated carbocycles. The summed E-state index contributed by atoms with van der Waals surface area (Å²) in [6.07, 6.45) is 5.79. The van der Waals surface area contributed by atoms with Crippen LogP contribution in [0, 0.1) is 28.6 Å². The van der Waals surface area contributed by atoms with Crippen LogP contribution in [-0.4, -0.2) is 46.2 Å². The van der Waals surface area contributed by atoms with E-state index in [1.165, 1.54) is 0 Å². The molecule has 7 rings (SSSR count). The molecule has 1 heterocycles. The van der Waals surface area contributed by atoms with Crippen molar-refractivity contribution in [3.05, 3.63) is 77.9 Å². The van der Waals surface area contributed by atoms with E-state index in [4.69, 9.17) is 19.9 Å². The van der Waals surface area contributed by atoms with Gasteiger partial charge in [-0.1, -0.05) is 43.7 Å². The number of rotatable bonds is 5. The smallest absolute Gasteiger partial charge is 0.193 e. The standard InChI is InChI=1S/C34H37NO7/c1-32-13-12-22(37)14-20(32)8-11-25-26-16-29-34(28(39)18-36,33(26,2)17-27(38)30(25)32)42-31(41-29)19-6-9-23(10-7-19)40-24-5-3-4-21(35)15-24/h3-7,9-10,12-15,25-27,29-31,36,38H,8,11,16-18,35H2,1-2H3/t25-,26-,27-,29+,30+,31+,32-,33-,34+/m0/s1. The van der Waals surface area contributed by atoms with Crippen LogP contribution in [-0.2, 0) is 19.1 Å². The fraction of sp³-hybridized carbons (Fsp3) is 0.471. The van der Waals surface area contributed by atoms with Crippen LogP contribution in [0.4, 0.5) is 5.69 Å². The summed E-state index contributed by atoms with van der Waals surface area (Å²) >= 11 is 0. The maximum Gasteiger partial charge on any atom is 0.193 e. The molecule has 0 amide bonds. The largest absolute Gasteiger partial charge is 0.457 e. The molecule has 5 aliphatic rings. The average Bonchev–Trinajstić information content (AvgIpc) is 3.46. The number of ketones is 2. The molecule has 9 atom stereocenters. The van der Waals surface area contributed by atoms with E-state index in [1.807, 2.05) is 49.4 Å². The molecule has 0 bridgehead atoms. The number of nitrogens with two attached hydrogens (primary N) is 1. The van der Waals surface area contributed by atoms with Gasteiger partial charge in [-0.15, -0.1) is 0 Å². The van der Waals surface area contributed by atoms with Crippen LogP contribution in [0.1, 0.15) is 51.4 Å². The number of aliphatic hydroxyl groups excluding tert-OH is 2. The van der Waals surface area contributed by atoms with E-state index in [0.29, 0.717) is 30.0 Å². The van der Waals surface area contributed by atoms with Crippen LogP contribution in [0.15, 0.2) is 72.3 Å². The Hall–Kier alpha value is -3.30. The molecule has 1 aliphatic heterocycles. The zero-order chi connectivity index (χ0) is 29.4. The summed E-state index contributed by atoms with van der Waals surface area (Å²) in [5, 5.41) is 22.0. The van der Waals surface area contributed by atoms with Crippen molar-refractivity contribution in [2.75, 3.05) is 12.3 Å². The molecule has 4 fully saturated rings. The van der Waals surface area contributed by atoms with Gasteiger partial charge in [0.15, 0.2) is 23.5 Å². The van der Waals surface area contributed by atoms with Gasteiger partial charge in [0.25, 0.3) is 0 Å². The highest BCUT2D eigenvalue weighted by Gasteiger charge is 2.75. The quantitative estimate of drug-likeness (QED) is 0.442. The van der Waals surface area contributed by atoms with Gasteiger partial charge in [0.05, 0.1) is 12.2 Å². The average molecular weight is 572 g/mol. The number of carbonyl (C=O) groups is 2. The summed E-state index contributed by atoms with van der Waals surface area (Å²) in [6.45, 7) is 3.49. The van der Waals surface area contributed by atoms with Gasteiger partial charge in [0, 0.05) is 34.1 Å². The van der Waals surface area contributed by atoms with E-state index in [0.717, 1.165) is 24.0 Å². The fourth-order valence-corrected chi connectivity index (χ4v) is 9.24. The maximum atomic E-state index is 13.7. The van der Waals surface area contributed by atoms with Crippen LogP contribution in [0.3, 0.4) is 0 Å². The molecule has 4 aliphatic carbocycles. The Morgan fingerprint density at radius 1 is 1.14 bits per heavy atom. The van der Waals surface area contributed by atoms with Crippen molar-refractivity contribution in [1.82, 2.24) is 0 Å². The van der Waals surface area contributed by atoms with E-state index in [2.05, 4.69) is 6.92 Å². The molecule has 42 heavy (non-hydrogen) atoms. The van der Waals surface area contributed by atoms with Crippen molar-refractivity contribution in [2.24, 2.45) is 28.6 Å². The van der Waals surface area contributed by atoms with E-state index in [1.54, 1.807) is 24.3 Å². The molecule has 8 nitrogen and oxygen atoms in total. The third kappa shape index (κ3) is 3.82. The van der Waals surface area contributed by atoms with Crippen molar-refractivity contribution < 1.29 is 34.0 Å². The summed E-state index contributed by atoms with van der Waals surface area (Å²) in [7, 11) is 0. The number of benzene rings is 2. The lowest BCUT2D eigenvalue weighted by molar-refractivity contribution is -0.201. The number of nitrogen functional groups attached to an aromatic ring is 1. The Labute approximate surface area is 245 Å². The fourth-order valence-electron chi connectivity index (χ4n) is 9.24. The molecule has 1 saturated heterocycles. The molecule has 4 N–H and O–H groups in total. The first-order valence-corrected chi connectivity index (χ1v) is 14.8. The second-order valence-electron chi connectivity index (χ2n) is 13.1. The SMILES string of the molecule is C[C@]12C=CC(=O)C=C1CC[C@@H]1[C@@H]2[C@@H](O)C[C@@]2(C)[C@H]1C[C@H]1O[C@@H](c3ccc(Oc4cccc(N)c4)cc3)O[C@]12C(=O)CO. The van der Waals surface area contributed by atoms with Crippen molar-refractivity contribution in [2.45, 2.75) is 63.6 Å². The minimum Gasteiger partial charge on any atom is -0.457 e. The van der Waals surface area contributed by atoms with Crippen molar-refractivity contribution in [3.8, 4) is 11.5 Å². The van der Waals surface area contributed by atoms with Gasteiger partial charge in [-0.3, -0.25) is 9.59 Å². The van der Waals surface area contributed by atoms with E-state index < -0.39 is 47.3 Å². The van der Waals surface area contributed by atoms with E-state index in [-0.39, 0.29) is 23.5 Å². The molecule has 8 heteroatoms.